The molecule has 162 valence electrons. The Morgan fingerprint density at radius 2 is 1.52 bits per heavy atom. The topological polar surface area (TPSA) is 73.6 Å². The van der Waals surface area contributed by atoms with E-state index in [0.29, 0.717) is 5.02 Å². The Morgan fingerprint density at radius 3 is 2.06 bits per heavy atom. The highest BCUT2D eigenvalue weighted by Gasteiger charge is 2.57. The number of halogens is 1. The molecule has 4 saturated carbocycles. The highest BCUT2D eigenvalue weighted by molar-refractivity contribution is 6.30. The summed E-state index contributed by atoms with van der Waals surface area (Å²) < 4.78 is 0. The van der Waals surface area contributed by atoms with Crippen LogP contribution in [0.2, 0.25) is 5.02 Å². The van der Waals surface area contributed by atoms with Crippen LogP contribution in [-0.2, 0) is 4.84 Å². The highest BCUT2D eigenvalue weighted by atomic mass is 35.5. The van der Waals surface area contributed by atoms with Crippen molar-refractivity contribution < 1.29 is 9.74 Å². The van der Waals surface area contributed by atoms with Crippen LogP contribution in [0.5, 0.6) is 0 Å². The number of hydroxylamine groups is 1. The standard InChI is InChI=1S/C24H25ClN3O3/c25-20-5-1-19(2-6-20)23-27(24-12-15-9-16(13-24)11-17(10-15)14-24)22(26-31-23)18-3-7-21(8-4-18)28(29)30/h1-8,15-17,23,26H,9-14H2/q-1. The zero-order valence-corrected chi connectivity index (χ0v) is 17.9. The number of allylic oxidation sites excluding steroid dienone is 5. The molecule has 6 aliphatic rings. The monoisotopic (exact) mass is 438 g/mol. The van der Waals surface area contributed by atoms with Crippen molar-refractivity contribution in [3.63, 3.8) is 0 Å². The molecular formula is C24H25ClN3O3-. The third kappa shape index (κ3) is 3.15. The Kier molecular flexibility index (Phi) is 4.37. The van der Waals surface area contributed by atoms with Crippen molar-refractivity contribution in [2.75, 3.05) is 0 Å². The molecule has 0 radical (unpaired) electrons. The molecule has 1 unspecified atom stereocenters. The largest absolute Gasteiger partial charge is 0.612 e. The third-order valence-corrected chi connectivity index (χ3v) is 8.02. The van der Waals surface area contributed by atoms with Gasteiger partial charge in [-0.2, -0.15) is 4.90 Å². The van der Waals surface area contributed by atoms with Gasteiger partial charge in [0, 0.05) is 33.9 Å². The minimum absolute atomic E-state index is 0.0552. The molecule has 5 aliphatic carbocycles. The number of benzene rings is 1. The van der Waals surface area contributed by atoms with Crippen molar-refractivity contribution in [1.82, 2.24) is 10.4 Å². The van der Waals surface area contributed by atoms with Crippen LogP contribution in [0.15, 0.2) is 60.0 Å². The van der Waals surface area contributed by atoms with Crippen LogP contribution in [0, 0.1) is 28.2 Å². The second kappa shape index (κ2) is 7.04. The van der Waals surface area contributed by atoms with E-state index in [-0.39, 0.29) is 22.4 Å². The average Bonchev–Trinajstić information content (AvgIpc) is 3.19. The third-order valence-electron chi connectivity index (χ3n) is 7.77. The number of nitrogens with zero attached hydrogens (tertiary/aromatic N) is 2. The summed E-state index contributed by atoms with van der Waals surface area (Å²) in [4.78, 5) is 8.29. The first kappa shape index (κ1) is 19.3. The Balaban J connectivity index is 1.45. The van der Waals surface area contributed by atoms with Crippen molar-refractivity contribution in [2.24, 2.45) is 17.8 Å². The zero-order chi connectivity index (χ0) is 21.2. The first-order chi connectivity index (χ1) is 15.0. The lowest BCUT2D eigenvalue weighted by atomic mass is 9.52. The Morgan fingerprint density at radius 1 is 0.935 bits per heavy atom. The van der Waals surface area contributed by atoms with Gasteiger partial charge in [0.15, 0.2) is 6.23 Å². The van der Waals surface area contributed by atoms with Gasteiger partial charge in [-0.15, -0.1) is 0 Å². The number of nitrogens with one attached hydrogen (secondary N) is 1. The second-order valence-electron chi connectivity index (χ2n) is 9.79. The van der Waals surface area contributed by atoms with Gasteiger partial charge in [0.2, 0.25) is 5.71 Å². The minimum atomic E-state index is -0.361. The van der Waals surface area contributed by atoms with E-state index in [0.717, 1.165) is 34.7 Å². The average molecular weight is 439 g/mol. The molecular weight excluding hydrogens is 414 g/mol. The van der Waals surface area contributed by atoms with E-state index in [2.05, 4.69) is 10.4 Å². The van der Waals surface area contributed by atoms with Gasteiger partial charge < -0.3 is 15.3 Å². The first-order valence-electron chi connectivity index (χ1n) is 11.1. The molecule has 0 aromatic heterocycles. The maximum atomic E-state index is 11.1. The number of hydrogen-bond acceptors (Lipinski definition) is 5. The van der Waals surface area contributed by atoms with E-state index in [1.165, 1.54) is 38.5 Å². The molecule has 31 heavy (non-hydrogen) atoms. The fourth-order valence-corrected chi connectivity index (χ4v) is 7.09. The summed E-state index contributed by atoms with van der Waals surface area (Å²) in [5.74, 6) is 3.28. The quantitative estimate of drug-likeness (QED) is 0.523. The van der Waals surface area contributed by atoms with Crippen molar-refractivity contribution in [2.45, 2.75) is 50.3 Å². The van der Waals surface area contributed by atoms with Crippen LogP contribution in [0.25, 0.3) is 0 Å². The van der Waals surface area contributed by atoms with Crippen LogP contribution >= 0.6 is 11.6 Å². The molecule has 1 N–H and O–H groups in total. The van der Waals surface area contributed by atoms with Gasteiger partial charge in [0.25, 0.3) is 0 Å². The molecule has 1 saturated heterocycles. The van der Waals surface area contributed by atoms with Crippen molar-refractivity contribution >= 4 is 17.3 Å². The summed E-state index contributed by atoms with van der Waals surface area (Å²) in [6, 6.07) is 7.87. The highest BCUT2D eigenvalue weighted by Crippen LogP contribution is 2.60. The van der Waals surface area contributed by atoms with Gasteiger partial charge in [-0.05, 0) is 80.6 Å². The normalized spacial score (nSPS) is 35.8. The smallest absolute Gasteiger partial charge is 0.222 e. The first-order valence-corrected chi connectivity index (χ1v) is 11.5. The zero-order valence-electron chi connectivity index (χ0n) is 17.2. The molecule has 7 heteroatoms. The molecule has 1 heterocycles. The number of rotatable bonds is 2. The van der Waals surface area contributed by atoms with E-state index in [1.54, 1.807) is 12.2 Å². The predicted molar refractivity (Wildman–Crippen MR) is 118 cm³/mol. The van der Waals surface area contributed by atoms with Gasteiger partial charge in [-0.25, -0.2) is 10.3 Å². The maximum Gasteiger partial charge on any atom is 0.222 e. The van der Waals surface area contributed by atoms with Gasteiger partial charge in [-0.1, -0.05) is 23.7 Å². The van der Waals surface area contributed by atoms with Crippen LogP contribution < -0.4 is 5.48 Å². The van der Waals surface area contributed by atoms with Crippen molar-refractivity contribution in [1.29, 1.82) is 0 Å². The van der Waals surface area contributed by atoms with E-state index in [1.807, 2.05) is 36.4 Å². The molecule has 1 aromatic carbocycles. The molecule has 5 fully saturated rings. The van der Waals surface area contributed by atoms with Crippen LogP contribution in [0.3, 0.4) is 0 Å². The van der Waals surface area contributed by atoms with Crippen LogP contribution in [0.1, 0.15) is 50.3 Å². The fraction of sp³-hybridized carbons (Fsp3) is 0.458. The van der Waals surface area contributed by atoms with E-state index < -0.39 is 0 Å². The molecule has 0 spiro atoms. The second-order valence-corrected chi connectivity index (χ2v) is 10.2. The molecule has 7 rings (SSSR count). The molecule has 1 aliphatic heterocycles. The van der Waals surface area contributed by atoms with Gasteiger partial charge in [0.1, 0.15) is 5.82 Å². The van der Waals surface area contributed by atoms with E-state index in [4.69, 9.17) is 16.4 Å². The maximum absolute atomic E-state index is 11.1. The van der Waals surface area contributed by atoms with E-state index in [9.17, 15) is 10.4 Å². The summed E-state index contributed by atoms with van der Waals surface area (Å²) in [7, 11) is 0. The van der Waals surface area contributed by atoms with Gasteiger partial charge in [-0.3, -0.25) is 0 Å². The summed E-state index contributed by atoms with van der Waals surface area (Å²) in [6.45, 7) is 0. The lowest BCUT2D eigenvalue weighted by Gasteiger charge is -2.60. The summed E-state index contributed by atoms with van der Waals surface area (Å²) in [6.07, 6.45) is 14.2. The van der Waals surface area contributed by atoms with Crippen LogP contribution in [-0.4, -0.2) is 21.1 Å². The van der Waals surface area contributed by atoms with Gasteiger partial charge >= 0.3 is 0 Å². The summed E-state index contributed by atoms with van der Waals surface area (Å²) >= 11 is 6.15. The Hall–Kier alpha value is -2.44. The summed E-state index contributed by atoms with van der Waals surface area (Å²) in [5.41, 5.74) is 5.33. The Bertz CT molecular complexity index is 970. The minimum Gasteiger partial charge on any atom is -0.612 e. The molecule has 1 atom stereocenters. The molecule has 0 amide bonds. The molecule has 6 nitrogen and oxygen atoms in total. The lowest BCUT2D eigenvalue weighted by molar-refractivity contribution is -0.377. The fourth-order valence-electron chi connectivity index (χ4n) is 6.96. The Labute approximate surface area is 186 Å². The predicted octanol–water partition coefficient (Wildman–Crippen LogP) is 4.93. The summed E-state index contributed by atoms with van der Waals surface area (Å²) in [5, 5.41) is 23.0. The SMILES string of the molecule is [O-][N+]([O-])=C1C=CC(=C2NOC(c3ccc(Cl)cc3)N2C23CC4CC(CC(C4)C2)C3)C=C1. The number of hydrogen-bond donors (Lipinski definition) is 1. The van der Waals surface area contributed by atoms with Crippen molar-refractivity contribution in [3.05, 3.63) is 81.0 Å². The molecule has 4 bridgehead atoms. The van der Waals surface area contributed by atoms with Crippen LogP contribution in [0.4, 0.5) is 0 Å². The van der Waals surface area contributed by atoms with Crippen molar-refractivity contribution in [3.8, 4) is 0 Å². The van der Waals surface area contributed by atoms with E-state index >= 15 is 0 Å². The molecule has 1 aromatic rings. The van der Waals surface area contributed by atoms with Gasteiger partial charge in [0.05, 0.1) is 0 Å². The lowest BCUT2D eigenvalue weighted by Crippen LogP contribution is -2.59.